The molecular weight excluding hydrogens is 493 g/mol. The number of ether oxygens (including phenoxy) is 1. The molecular formula is C24H15ClFN5OS2. The van der Waals surface area contributed by atoms with E-state index in [-0.39, 0.29) is 12.4 Å². The maximum Gasteiger partial charge on any atom is 0.181 e. The van der Waals surface area contributed by atoms with Crippen LogP contribution in [0.15, 0.2) is 60.2 Å². The fourth-order valence-electron chi connectivity index (χ4n) is 3.10. The van der Waals surface area contributed by atoms with Crippen molar-refractivity contribution in [3.63, 3.8) is 0 Å². The van der Waals surface area contributed by atoms with Gasteiger partial charge in [0.05, 0.1) is 20.1 Å². The van der Waals surface area contributed by atoms with Crippen molar-refractivity contribution < 1.29 is 9.13 Å². The van der Waals surface area contributed by atoms with Crippen molar-refractivity contribution in [2.75, 3.05) is 11.1 Å². The summed E-state index contributed by atoms with van der Waals surface area (Å²) in [7, 11) is 0. The summed E-state index contributed by atoms with van der Waals surface area (Å²) in [4.78, 5) is 13.7. The maximum absolute atomic E-state index is 13.4. The van der Waals surface area contributed by atoms with Crippen LogP contribution in [0.4, 0.5) is 21.0 Å². The minimum Gasteiger partial charge on any atom is -0.487 e. The van der Waals surface area contributed by atoms with E-state index < -0.39 is 0 Å². The minimum atomic E-state index is -0.307. The van der Waals surface area contributed by atoms with E-state index in [0.717, 1.165) is 26.3 Å². The largest absolute Gasteiger partial charge is 0.487 e. The molecule has 168 valence electrons. The van der Waals surface area contributed by atoms with E-state index in [1.165, 1.54) is 41.1 Å². The zero-order valence-corrected chi connectivity index (χ0v) is 19.8. The van der Waals surface area contributed by atoms with E-state index in [2.05, 4.69) is 32.1 Å². The molecule has 0 fully saturated rings. The highest BCUT2D eigenvalue weighted by Crippen LogP contribution is 2.33. The predicted octanol–water partition coefficient (Wildman–Crippen LogP) is 6.24. The maximum atomic E-state index is 13.4. The number of nitrogens with two attached hydrogens (primary N) is 1. The second-order valence-corrected chi connectivity index (χ2v) is 9.41. The molecule has 5 aromatic rings. The second kappa shape index (κ2) is 9.65. The Kier molecular flexibility index (Phi) is 6.27. The summed E-state index contributed by atoms with van der Waals surface area (Å²) in [6, 6.07) is 13.5. The normalized spacial score (nSPS) is 10.6. The Morgan fingerprint density at radius 1 is 1.12 bits per heavy atom. The van der Waals surface area contributed by atoms with Crippen LogP contribution in [-0.4, -0.2) is 15.0 Å². The molecule has 0 atom stereocenters. The number of aromatic nitrogens is 3. The van der Waals surface area contributed by atoms with Crippen molar-refractivity contribution in [3.05, 3.63) is 87.2 Å². The zero-order valence-electron chi connectivity index (χ0n) is 17.4. The third kappa shape index (κ3) is 5.10. The molecule has 0 amide bonds. The standard InChI is InChI=1S/C24H15ClFN5OS2/c25-19-9-16(5-7-21(19)32-11-14-2-1-3-15(26)8-14)30-23-22-20(28-13-29-23)10-18(34-22)6-4-17-12-33-24(27)31-17/h1-3,5,7-10,12-13H,11H2,(H2,27,31)(H,28,29,30). The van der Waals surface area contributed by atoms with E-state index >= 15 is 0 Å². The van der Waals surface area contributed by atoms with Gasteiger partial charge in [-0.15, -0.1) is 22.7 Å². The summed E-state index contributed by atoms with van der Waals surface area (Å²) in [6.45, 7) is 0.212. The second-order valence-electron chi connectivity index (χ2n) is 7.06. The zero-order chi connectivity index (χ0) is 23.5. The van der Waals surface area contributed by atoms with Crippen molar-refractivity contribution in [2.45, 2.75) is 6.61 Å². The van der Waals surface area contributed by atoms with Crippen LogP contribution < -0.4 is 15.8 Å². The first-order chi connectivity index (χ1) is 16.5. The highest BCUT2D eigenvalue weighted by atomic mass is 35.5. The average Bonchev–Trinajstić information content (AvgIpc) is 3.43. The van der Waals surface area contributed by atoms with Crippen molar-refractivity contribution in [1.82, 2.24) is 15.0 Å². The summed E-state index contributed by atoms with van der Waals surface area (Å²) >= 11 is 9.25. The molecule has 0 unspecified atom stereocenters. The van der Waals surface area contributed by atoms with E-state index in [1.54, 1.807) is 24.3 Å². The van der Waals surface area contributed by atoms with Gasteiger partial charge in [-0.05, 0) is 53.8 Å². The fraction of sp³-hybridized carbons (Fsp3) is 0.0417. The summed E-state index contributed by atoms with van der Waals surface area (Å²) in [5.74, 6) is 6.95. The lowest BCUT2D eigenvalue weighted by atomic mass is 10.2. The van der Waals surface area contributed by atoms with Crippen molar-refractivity contribution in [2.24, 2.45) is 0 Å². The Morgan fingerprint density at radius 2 is 2.03 bits per heavy atom. The van der Waals surface area contributed by atoms with Gasteiger partial charge in [-0.2, -0.15) is 0 Å². The molecule has 0 aliphatic carbocycles. The first kappa shape index (κ1) is 22.1. The molecule has 3 aromatic heterocycles. The molecule has 2 aromatic carbocycles. The fourth-order valence-corrected chi connectivity index (χ4v) is 4.74. The molecule has 0 aliphatic rings. The molecule has 0 bridgehead atoms. The Hall–Kier alpha value is -3.71. The summed E-state index contributed by atoms with van der Waals surface area (Å²) in [6.07, 6.45) is 1.49. The van der Waals surface area contributed by atoms with Crippen LogP contribution in [0.2, 0.25) is 5.02 Å². The Morgan fingerprint density at radius 3 is 2.82 bits per heavy atom. The summed E-state index contributed by atoms with van der Waals surface area (Å²) < 4.78 is 20.0. The van der Waals surface area contributed by atoms with Crippen LogP contribution in [0, 0.1) is 17.7 Å². The van der Waals surface area contributed by atoms with Crippen molar-refractivity contribution >= 4 is 61.1 Å². The molecule has 0 spiro atoms. The van der Waals surface area contributed by atoms with Crippen LogP contribution in [-0.2, 0) is 6.61 Å². The van der Waals surface area contributed by atoms with Gasteiger partial charge in [0.25, 0.3) is 0 Å². The molecule has 3 N–H and O–H groups in total. The number of thiophene rings is 1. The quantitative estimate of drug-likeness (QED) is 0.274. The molecule has 5 rings (SSSR count). The molecule has 0 aliphatic heterocycles. The van der Waals surface area contributed by atoms with Gasteiger partial charge in [0.1, 0.15) is 30.2 Å². The number of thiazole rings is 1. The van der Waals surface area contributed by atoms with E-state index in [9.17, 15) is 4.39 Å². The van der Waals surface area contributed by atoms with Crippen molar-refractivity contribution in [1.29, 1.82) is 0 Å². The number of anilines is 3. The molecule has 0 saturated carbocycles. The lowest BCUT2D eigenvalue weighted by molar-refractivity contribution is 0.306. The molecule has 3 heterocycles. The first-order valence-electron chi connectivity index (χ1n) is 9.95. The van der Waals surface area contributed by atoms with Gasteiger partial charge >= 0.3 is 0 Å². The van der Waals surface area contributed by atoms with Crippen LogP contribution in [0.3, 0.4) is 0 Å². The number of hydrogen-bond acceptors (Lipinski definition) is 8. The van der Waals surface area contributed by atoms with Crippen LogP contribution in [0.1, 0.15) is 16.1 Å². The predicted molar refractivity (Wildman–Crippen MR) is 135 cm³/mol. The smallest absolute Gasteiger partial charge is 0.181 e. The van der Waals surface area contributed by atoms with E-state index in [1.807, 2.05) is 17.5 Å². The van der Waals surface area contributed by atoms with Gasteiger partial charge in [-0.1, -0.05) is 23.7 Å². The van der Waals surface area contributed by atoms with Gasteiger partial charge in [-0.3, -0.25) is 0 Å². The molecule has 34 heavy (non-hydrogen) atoms. The monoisotopic (exact) mass is 507 g/mol. The number of nitrogens with zero attached hydrogens (tertiary/aromatic N) is 3. The molecule has 10 heteroatoms. The highest BCUT2D eigenvalue weighted by Gasteiger charge is 2.10. The van der Waals surface area contributed by atoms with Gasteiger partial charge in [0.15, 0.2) is 10.9 Å². The Balaban J connectivity index is 1.33. The van der Waals surface area contributed by atoms with Crippen LogP contribution in [0.25, 0.3) is 10.2 Å². The first-order valence-corrected chi connectivity index (χ1v) is 12.0. The van der Waals surface area contributed by atoms with Gasteiger partial charge in [0, 0.05) is 11.1 Å². The van der Waals surface area contributed by atoms with E-state index in [4.69, 9.17) is 22.1 Å². The molecule has 0 saturated heterocycles. The lowest BCUT2D eigenvalue weighted by Gasteiger charge is -2.11. The van der Waals surface area contributed by atoms with Gasteiger partial charge in [-0.25, -0.2) is 19.3 Å². The number of nitrogens with one attached hydrogen (secondary N) is 1. The third-order valence-electron chi connectivity index (χ3n) is 4.62. The number of hydrogen-bond donors (Lipinski definition) is 2. The van der Waals surface area contributed by atoms with Gasteiger partial charge in [0.2, 0.25) is 0 Å². The Labute approximate surface area is 207 Å². The number of halogens is 2. The number of nitrogen functional groups attached to an aromatic ring is 1. The summed E-state index contributed by atoms with van der Waals surface area (Å²) in [5.41, 5.74) is 8.53. The van der Waals surface area contributed by atoms with Crippen molar-refractivity contribution in [3.8, 4) is 17.6 Å². The number of benzene rings is 2. The minimum absolute atomic E-state index is 0.212. The number of rotatable bonds is 5. The average molecular weight is 508 g/mol. The van der Waals surface area contributed by atoms with Crippen LogP contribution >= 0.6 is 34.3 Å². The van der Waals surface area contributed by atoms with Gasteiger partial charge < -0.3 is 15.8 Å². The van der Waals surface area contributed by atoms with E-state index in [0.29, 0.717) is 27.4 Å². The molecule has 6 nitrogen and oxygen atoms in total. The topological polar surface area (TPSA) is 86.0 Å². The summed E-state index contributed by atoms with van der Waals surface area (Å²) in [5, 5.41) is 6.01. The SMILES string of the molecule is Nc1nc(C#Cc2cc3ncnc(Nc4ccc(OCc5cccc(F)c5)c(Cl)c4)c3s2)cs1. The lowest BCUT2D eigenvalue weighted by Crippen LogP contribution is -1.98. The van der Waals surface area contributed by atoms with Crippen LogP contribution in [0.5, 0.6) is 5.75 Å². The Bertz CT molecular complexity index is 1560. The highest BCUT2D eigenvalue weighted by molar-refractivity contribution is 7.20. The molecule has 0 radical (unpaired) electrons. The number of fused-ring (bicyclic) bond motifs is 1. The third-order valence-corrected chi connectivity index (χ3v) is 6.64.